The third-order valence-electron chi connectivity index (χ3n) is 4.48. The number of amides is 1. The summed E-state index contributed by atoms with van der Waals surface area (Å²) >= 11 is 0. The van der Waals surface area contributed by atoms with Gasteiger partial charge in [-0.15, -0.1) is 0 Å². The van der Waals surface area contributed by atoms with Crippen LogP contribution in [0.3, 0.4) is 0 Å². The molecule has 0 aromatic carbocycles. The lowest BCUT2D eigenvalue weighted by molar-refractivity contribution is -0.143. The lowest BCUT2D eigenvalue weighted by Crippen LogP contribution is -2.51. The average molecular weight is 282 g/mol. The van der Waals surface area contributed by atoms with Crippen molar-refractivity contribution < 1.29 is 9.59 Å². The molecule has 0 aliphatic carbocycles. The van der Waals surface area contributed by atoms with E-state index in [9.17, 15) is 9.59 Å². The molecule has 116 valence electrons. The number of hydrogen-bond donors (Lipinski definition) is 1. The first-order valence-electron chi connectivity index (χ1n) is 8.13. The fourth-order valence-electron chi connectivity index (χ4n) is 3.30. The van der Waals surface area contributed by atoms with Crippen LogP contribution in [-0.2, 0) is 9.59 Å². The minimum absolute atomic E-state index is 0.0458. The van der Waals surface area contributed by atoms with Gasteiger partial charge >= 0.3 is 0 Å². The molecule has 4 nitrogen and oxygen atoms in total. The number of Topliss-reactive ketones (excluding diaryl/α,β-unsaturated/α-hetero) is 1. The first-order chi connectivity index (χ1) is 9.61. The maximum Gasteiger partial charge on any atom is 0.226 e. The van der Waals surface area contributed by atoms with Gasteiger partial charge in [0.25, 0.3) is 0 Å². The number of piperidine rings is 2. The molecule has 2 fully saturated rings. The van der Waals surface area contributed by atoms with Gasteiger partial charge in [0.2, 0.25) is 5.91 Å². The molecule has 0 aromatic heterocycles. The predicted molar refractivity (Wildman–Crippen MR) is 81.5 cm³/mol. The minimum atomic E-state index is 0.0458. The molecular formula is C16H30N2O2. The lowest BCUT2D eigenvalue weighted by atomic mass is 9.85. The zero-order valence-electron chi connectivity index (χ0n) is 13.4. The van der Waals surface area contributed by atoms with E-state index in [2.05, 4.69) is 5.32 Å². The molecule has 1 N–H and O–H groups in total. The molecule has 20 heavy (non-hydrogen) atoms. The van der Waals surface area contributed by atoms with Gasteiger partial charge in [-0.1, -0.05) is 13.8 Å². The molecule has 2 atom stereocenters. The summed E-state index contributed by atoms with van der Waals surface area (Å²) in [5.74, 6) is 0.712. The molecule has 2 heterocycles. The van der Waals surface area contributed by atoms with E-state index in [4.69, 9.17) is 0 Å². The molecule has 4 heteroatoms. The Morgan fingerprint density at radius 2 is 1.70 bits per heavy atom. The standard InChI is InChI=1S/C14H24N2O2.C2H6/c1-10-13(11(2)17)4-3-9-16(10)14(18)12-5-7-15-8-6-12;1-2/h10,12-13,15H,3-9H2,1-2H3;1-2H3. The highest BCUT2D eigenvalue weighted by Gasteiger charge is 2.36. The highest BCUT2D eigenvalue weighted by Crippen LogP contribution is 2.27. The summed E-state index contributed by atoms with van der Waals surface area (Å²) in [6, 6.07) is 0.0821. The first-order valence-corrected chi connectivity index (χ1v) is 8.13. The van der Waals surface area contributed by atoms with Crippen LogP contribution in [0, 0.1) is 11.8 Å². The summed E-state index contributed by atoms with van der Waals surface area (Å²) < 4.78 is 0. The number of nitrogens with one attached hydrogen (secondary N) is 1. The third kappa shape index (κ3) is 4.05. The third-order valence-corrected chi connectivity index (χ3v) is 4.48. The van der Waals surface area contributed by atoms with E-state index in [1.54, 1.807) is 6.92 Å². The van der Waals surface area contributed by atoms with Crippen LogP contribution in [0.25, 0.3) is 0 Å². The Morgan fingerprint density at radius 3 is 2.25 bits per heavy atom. The fourth-order valence-corrected chi connectivity index (χ4v) is 3.30. The first kappa shape index (κ1) is 17.2. The fraction of sp³-hybridized carbons (Fsp3) is 0.875. The number of nitrogens with zero attached hydrogens (tertiary/aromatic N) is 1. The molecule has 1 amide bonds. The van der Waals surface area contributed by atoms with Gasteiger partial charge in [-0.25, -0.2) is 0 Å². The van der Waals surface area contributed by atoms with Crippen molar-refractivity contribution in [1.82, 2.24) is 10.2 Å². The summed E-state index contributed by atoms with van der Waals surface area (Å²) in [7, 11) is 0. The van der Waals surface area contributed by atoms with Crippen molar-refractivity contribution in [3.05, 3.63) is 0 Å². The van der Waals surface area contributed by atoms with Crippen molar-refractivity contribution >= 4 is 11.7 Å². The van der Waals surface area contributed by atoms with Gasteiger partial charge in [0.15, 0.2) is 0 Å². The van der Waals surface area contributed by atoms with Gasteiger partial charge in [-0.05, 0) is 52.6 Å². The Bertz CT molecular complexity index is 324. The normalized spacial score (nSPS) is 27.5. The van der Waals surface area contributed by atoms with Crippen LogP contribution in [0.15, 0.2) is 0 Å². The van der Waals surface area contributed by atoms with Gasteiger partial charge < -0.3 is 10.2 Å². The smallest absolute Gasteiger partial charge is 0.226 e. The van der Waals surface area contributed by atoms with E-state index >= 15 is 0 Å². The summed E-state index contributed by atoms with van der Waals surface area (Å²) in [5.41, 5.74) is 0. The number of rotatable bonds is 2. The van der Waals surface area contributed by atoms with Crippen LogP contribution in [0.1, 0.15) is 53.4 Å². The molecule has 0 bridgehead atoms. The SMILES string of the molecule is CC.CC(=O)C1CCCN(C(=O)C2CCNCC2)C1C. The van der Waals surface area contributed by atoms with E-state index in [-0.39, 0.29) is 29.6 Å². The van der Waals surface area contributed by atoms with E-state index in [0.29, 0.717) is 0 Å². The van der Waals surface area contributed by atoms with Crippen LogP contribution in [-0.4, -0.2) is 42.3 Å². The summed E-state index contributed by atoms with van der Waals surface area (Å²) in [5, 5.41) is 3.29. The van der Waals surface area contributed by atoms with E-state index in [1.165, 1.54) is 0 Å². The zero-order chi connectivity index (χ0) is 15.1. The maximum atomic E-state index is 12.5. The molecule has 2 unspecified atom stereocenters. The Morgan fingerprint density at radius 1 is 1.10 bits per heavy atom. The van der Waals surface area contributed by atoms with Gasteiger partial charge in [0.1, 0.15) is 5.78 Å². The maximum absolute atomic E-state index is 12.5. The van der Waals surface area contributed by atoms with E-state index < -0.39 is 0 Å². The molecule has 0 spiro atoms. The highest BCUT2D eigenvalue weighted by atomic mass is 16.2. The summed E-state index contributed by atoms with van der Waals surface area (Å²) in [6.07, 6.45) is 3.78. The topological polar surface area (TPSA) is 49.4 Å². The lowest BCUT2D eigenvalue weighted by Gasteiger charge is -2.40. The van der Waals surface area contributed by atoms with Crippen LogP contribution >= 0.6 is 0 Å². The van der Waals surface area contributed by atoms with Crippen molar-refractivity contribution in [3.8, 4) is 0 Å². The number of carbonyl (C=O) groups excluding carboxylic acids is 2. The second-order valence-electron chi connectivity index (χ2n) is 5.66. The van der Waals surface area contributed by atoms with Crippen molar-refractivity contribution in [2.24, 2.45) is 11.8 Å². The van der Waals surface area contributed by atoms with Crippen molar-refractivity contribution in [3.63, 3.8) is 0 Å². The second-order valence-corrected chi connectivity index (χ2v) is 5.66. The molecule has 2 aliphatic heterocycles. The van der Waals surface area contributed by atoms with Crippen LogP contribution in [0.2, 0.25) is 0 Å². The number of hydrogen-bond acceptors (Lipinski definition) is 3. The van der Waals surface area contributed by atoms with Crippen LogP contribution in [0.5, 0.6) is 0 Å². The van der Waals surface area contributed by atoms with Gasteiger partial charge in [0.05, 0.1) is 0 Å². The largest absolute Gasteiger partial charge is 0.339 e. The van der Waals surface area contributed by atoms with Gasteiger partial charge in [-0.3, -0.25) is 9.59 Å². The highest BCUT2D eigenvalue weighted by molar-refractivity contribution is 5.83. The van der Waals surface area contributed by atoms with E-state index in [1.807, 2.05) is 25.7 Å². The molecule has 2 rings (SSSR count). The second kappa shape index (κ2) is 8.40. The minimum Gasteiger partial charge on any atom is -0.339 e. The van der Waals surface area contributed by atoms with Crippen molar-refractivity contribution in [2.45, 2.75) is 59.4 Å². The Hall–Kier alpha value is -0.900. The Kier molecular flexibility index (Phi) is 7.20. The van der Waals surface area contributed by atoms with E-state index in [0.717, 1.165) is 45.3 Å². The zero-order valence-corrected chi connectivity index (χ0v) is 13.4. The summed E-state index contributed by atoms with van der Waals surface area (Å²) in [6.45, 7) is 10.4. The quantitative estimate of drug-likeness (QED) is 0.845. The van der Waals surface area contributed by atoms with Gasteiger partial charge in [-0.2, -0.15) is 0 Å². The van der Waals surface area contributed by atoms with Crippen LogP contribution < -0.4 is 5.32 Å². The molecule has 0 aromatic rings. The Labute approximate surface area is 123 Å². The van der Waals surface area contributed by atoms with Crippen LogP contribution in [0.4, 0.5) is 0 Å². The van der Waals surface area contributed by atoms with Crippen molar-refractivity contribution in [2.75, 3.05) is 19.6 Å². The van der Waals surface area contributed by atoms with Gasteiger partial charge in [0, 0.05) is 24.4 Å². The number of likely N-dealkylation sites (tertiary alicyclic amines) is 1. The molecule has 0 radical (unpaired) electrons. The predicted octanol–water partition coefficient (Wildman–Crippen LogP) is 2.23. The Balaban J connectivity index is 0.000000956. The van der Waals surface area contributed by atoms with Crippen molar-refractivity contribution in [1.29, 1.82) is 0 Å². The molecule has 2 saturated heterocycles. The number of ketones is 1. The molecule has 0 saturated carbocycles. The average Bonchev–Trinajstić information content (AvgIpc) is 2.49. The summed E-state index contributed by atoms with van der Waals surface area (Å²) in [4.78, 5) is 26.1. The molecular weight excluding hydrogens is 252 g/mol. The molecule has 2 aliphatic rings. The number of carbonyl (C=O) groups is 2. The monoisotopic (exact) mass is 282 g/mol.